The molecule has 0 radical (unpaired) electrons. The second-order valence-electron chi connectivity index (χ2n) is 8.43. The molecule has 5 rings (SSSR count). The molecule has 1 amide bonds. The summed E-state index contributed by atoms with van der Waals surface area (Å²) >= 11 is 0. The molecule has 190 valence electrons. The molecule has 9 nitrogen and oxygen atoms in total. The molecule has 37 heavy (non-hydrogen) atoms. The van der Waals surface area contributed by atoms with Gasteiger partial charge in [-0.2, -0.15) is 0 Å². The largest absolute Gasteiger partial charge is 0.586 e. The predicted octanol–water partition coefficient (Wildman–Crippen LogP) is 5.06. The van der Waals surface area contributed by atoms with E-state index in [4.69, 9.17) is 4.42 Å². The summed E-state index contributed by atoms with van der Waals surface area (Å²) in [7, 11) is 1.67. The van der Waals surface area contributed by atoms with Crippen LogP contribution in [0, 0.1) is 0 Å². The molecule has 0 saturated carbocycles. The summed E-state index contributed by atoms with van der Waals surface area (Å²) in [5, 5.41) is 7.75. The fourth-order valence-electron chi connectivity index (χ4n) is 3.83. The molecule has 2 aromatic carbocycles. The maximum atomic E-state index is 13.2. The van der Waals surface area contributed by atoms with Gasteiger partial charge in [0.1, 0.15) is 6.26 Å². The SMILES string of the molecule is CN(C(=O)c1coc(/C=C/c2ccc3c(c2)OC(F)(F)O3)n1)c1ccc(CCCCn2ccnn2)cc1. The number of nitrogens with zero attached hydrogens (tertiary/aromatic N) is 5. The maximum absolute atomic E-state index is 13.2. The number of hydrogen-bond acceptors (Lipinski definition) is 7. The van der Waals surface area contributed by atoms with Crippen molar-refractivity contribution in [2.45, 2.75) is 32.1 Å². The van der Waals surface area contributed by atoms with Gasteiger partial charge in [-0.1, -0.05) is 23.4 Å². The molecule has 0 fully saturated rings. The van der Waals surface area contributed by atoms with E-state index in [1.165, 1.54) is 34.9 Å². The number of fused-ring (bicyclic) bond motifs is 1. The smallest absolute Gasteiger partial charge is 0.444 e. The molecule has 1 aliphatic heterocycles. The van der Waals surface area contributed by atoms with Gasteiger partial charge in [0.05, 0.1) is 6.20 Å². The van der Waals surface area contributed by atoms with Crippen LogP contribution in [0.15, 0.2) is 65.5 Å². The van der Waals surface area contributed by atoms with E-state index in [0.717, 1.165) is 31.5 Å². The summed E-state index contributed by atoms with van der Waals surface area (Å²) in [6.45, 7) is 0.833. The zero-order chi connectivity index (χ0) is 25.8. The topological polar surface area (TPSA) is 95.5 Å². The van der Waals surface area contributed by atoms with Gasteiger partial charge in [0, 0.05) is 31.6 Å². The van der Waals surface area contributed by atoms with E-state index in [-0.39, 0.29) is 29.0 Å². The lowest BCUT2D eigenvalue weighted by Gasteiger charge is -2.16. The molecule has 3 heterocycles. The Morgan fingerprint density at radius 3 is 2.68 bits per heavy atom. The van der Waals surface area contributed by atoms with E-state index >= 15 is 0 Å². The summed E-state index contributed by atoms with van der Waals surface area (Å²) in [5.41, 5.74) is 2.63. The van der Waals surface area contributed by atoms with Gasteiger partial charge in [-0.15, -0.1) is 13.9 Å². The average Bonchev–Trinajstić information content (AvgIpc) is 3.64. The molecule has 0 saturated heterocycles. The van der Waals surface area contributed by atoms with Crippen LogP contribution in [0.25, 0.3) is 12.2 Å². The van der Waals surface area contributed by atoms with Gasteiger partial charge in [-0.05, 0) is 60.7 Å². The standard InChI is InChI=1S/C26H23F2N5O4/c1-32(20-9-5-18(6-10-20)4-2-3-14-33-15-13-29-31-33)25(34)21-17-35-24(30-21)12-8-19-7-11-22-23(16-19)37-26(27,28)36-22/h5-13,15-17H,2-4,14H2,1H3/b12-8+. The van der Waals surface area contributed by atoms with Crippen LogP contribution in [-0.2, 0) is 13.0 Å². The number of carbonyl (C=O) groups excluding carboxylic acids is 1. The summed E-state index contributed by atoms with van der Waals surface area (Å²) < 4.78 is 42.4. The van der Waals surface area contributed by atoms with E-state index in [1.807, 2.05) is 35.1 Å². The number of oxazole rings is 1. The summed E-state index contributed by atoms with van der Waals surface area (Å²) in [6, 6.07) is 12.2. The summed E-state index contributed by atoms with van der Waals surface area (Å²) in [4.78, 5) is 18.6. The number of anilines is 1. The van der Waals surface area contributed by atoms with Crippen LogP contribution in [-0.4, -0.2) is 39.2 Å². The molecule has 1 aliphatic rings. The van der Waals surface area contributed by atoms with Gasteiger partial charge in [-0.3, -0.25) is 9.48 Å². The number of halogens is 2. The second-order valence-corrected chi connectivity index (χ2v) is 8.43. The fourth-order valence-corrected chi connectivity index (χ4v) is 3.83. The second kappa shape index (κ2) is 10.2. The number of unbranched alkanes of at least 4 members (excludes halogenated alkanes) is 1. The van der Waals surface area contributed by atoms with Crippen LogP contribution in [0.5, 0.6) is 11.5 Å². The van der Waals surface area contributed by atoms with Gasteiger partial charge in [0.2, 0.25) is 5.89 Å². The van der Waals surface area contributed by atoms with E-state index in [0.29, 0.717) is 5.56 Å². The minimum absolute atomic E-state index is 0.0367. The minimum Gasteiger partial charge on any atom is -0.444 e. The zero-order valence-electron chi connectivity index (χ0n) is 19.9. The first-order chi connectivity index (χ1) is 17.9. The van der Waals surface area contributed by atoms with E-state index < -0.39 is 6.29 Å². The van der Waals surface area contributed by atoms with E-state index in [9.17, 15) is 13.6 Å². The van der Waals surface area contributed by atoms with Crippen LogP contribution in [0.3, 0.4) is 0 Å². The fraction of sp³-hybridized carbons (Fsp3) is 0.231. The van der Waals surface area contributed by atoms with Gasteiger partial charge >= 0.3 is 6.29 Å². The monoisotopic (exact) mass is 507 g/mol. The van der Waals surface area contributed by atoms with Crippen molar-refractivity contribution in [1.82, 2.24) is 20.0 Å². The molecule has 0 unspecified atom stereocenters. The number of amides is 1. The van der Waals surface area contributed by atoms with Gasteiger partial charge in [0.15, 0.2) is 17.2 Å². The van der Waals surface area contributed by atoms with Crippen molar-refractivity contribution in [3.63, 3.8) is 0 Å². The number of ether oxygens (including phenoxy) is 2. The maximum Gasteiger partial charge on any atom is 0.586 e. The van der Waals surface area contributed by atoms with Gasteiger partial charge in [0.25, 0.3) is 5.91 Å². The normalized spacial score (nSPS) is 13.8. The highest BCUT2D eigenvalue weighted by Crippen LogP contribution is 2.41. The number of rotatable bonds is 9. The molecule has 0 aliphatic carbocycles. The van der Waals surface area contributed by atoms with Crippen molar-refractivity contribution in [3.05, 3.63) is 83.8 Å². The van der Waals surface area contributed by atoms with Crippen LogP contribution in [0.2, 0.25) is 0 Å². The van der Waals surface area contributed by atoms with Crippen LogP contribution in [0.4, 0.5) is 14.5 Å². The molecule has 2 aromatic heterocycles. The molecular formula is C26H23F2N5O4. The lowest BCUT2D eigenvalue weighted by Crippen LogP contribution is -2.26. The quantitative estimate of drug-likeness (QED) is 0.292. The van der Waals surface area contributed by atoms with Gasteiger partial charge < -0.3 is 18.8 Å². The highest BCUT2D eigenvalue weighted by atomic mass is 19.3. The molecule has 0 spiro atoms. The van der Waals surface area contributed by atoms with Crippen molar-refractivity contribution in [3.8, 4) is 11.5 Å². The first kappa shape index (κ1) is 24.2. The molecule has 4 aromatic rings. The van der Waals surface area contributed by atoms with Crippen molar-refractivity contribution in [1.29, 1.82) is 0 Å². The Bertz CT molecular complexity index is 1400. The van der Waals surface area contributed by atoms with E-state index in [2.05, 4.69) is 24.8 Å². The lowest BCUT2D eigenvalue weighted by molar-refractivity contribution is -0.286. The number of aryl methyl sites for hydroxylation is 2. The third kappa shape index (κ3) is 5.83. The first-order valence-electron chi connectivity index (χ1n) is 11.6. The minimum atomic E-state index is -3.67. The number of carbonyl (C=O) groups is 1. The molecule has 0 N–H and O–H groups in total. The number of aromatic nitrogens is 4. The number of alkyl halides is 2. The third-order valence-electron chi connectivity index (χ3n) is 5.79. The Morgan fingerprint density at radius 2 is 1.89 bits per heavy atom. The Morgan fingerprint density at radius 1 is 1.08 bits per heavy atom. The van der Waals surface area contributed by atoms with Crippen LogP contribution >= 0.6 is 0 Å². The van der Waals surface area contributed by atoms with Crippen molar-refractivity contribution in [2.75, 3.05) is 11.9 Å². The van der Waals surface area contributed by atoms with Crippen molar-refractivity contribution in [2.24, 2.45) is 0 Å². The summed E-state index contributed by atoms with van der Waals surface area (Å²) in [6.07, 6.45) is 7.20. The predicted molar refractivity (Wildman–Crippen MR) is 130 cm³/mol. The average molecular weight is 507 g/mol. The highest BCUT2D eigenvalue weighted by molar-refractivity contribution is 6.04. The Balaban J connectivity index is 1.15. The van der Waals surface area contributed by atoms with E-state index in [1.54, 1.807) is 25.4 Å². The molecular weight excluding hydrogens is 484 g/mol. The highest BCUT2D eigenvalue weighted by Gasteiger charge is 2.43. The number of hydrogen-bond donors (Lipinski definition) is 0. The van der Waals surface area contributed by atoms with Crippen molar-refractivity contribution >= 4 is 23.7 Å². The Kier molecular flexibility index (Phi) is 6.67. The lowest BCUT2D eigenvalue weighted by atomic mass is 10.1. The molecule has 0 bridgehead atoms. The van der Waals surface area contributed by atoms with Crippen molar-refractivity contribution < 1.29 is 27.5 Å². The van der Waals surface area contributed by atoms with Crippen LogP contribution in [0.1, 0.15) is 40.3 Å². The zero-order valence-corrected chi connectivity index (χ0v) is 19.9. The number of benzene rings is 2. The van der Waals surface area contributed by atoms with Gasteiger partial charge in [-0.25, -0.2) is 4.98 Å². The molecule has 0 atom stereocenters. The Hall–Kier alpha value is -4.54. The first-order valence-corrected chi connectivity index (χ1v) is 11.6. The van der Waals surface area contributed by atoms with Crippen LogP contribution < -0.4 is 14.4 Å². The third-order valence-corrected chi connectivity index (χ3v) is 5.79. The summed E-state index contributed by atoms with van der Waals surface area (Å²) in [5.74, 6) is -0.226. The Labute approximate surface area is 210 Å². The molecule has 11 heteroatoms.